The van der Waals surface area contributed by atoms with Gasteiger partial charge < -0.3 is 5.73 Å². The molecule has 0 radical (unpaired) electrons. The van der Waals surface area contributed by atoms with Crippen molar-refractivity contribution in [2.24, 2.45) is 5.73 Å². The number of aryl methyl sites for hydroxylation is 1. The Morgan fingerprint density at radius 2 is 1.89 bits per heavy atom. The molecule has 2 rings (SSSR count). The van der Waals surface area contributed by atoms with Gasteiger partial charge in [0.2, 0.25) is 0 Å². The fourth-order valence-corrected chi connectivity index (χ4v) is 3.22. The van der Waals surface area contributed by atoms with Gasteiger partial charge in [-0.15, -0.1) is 11.3 Å². The zero-order chi connectivity index (χ0) is 14.0. The molecule has 0 bridgehead atoms. The smallest absolute Gasteiger partial charge is 0.0430 e. The van der Waals surface area contributed by atoms with Gasteiger partial charge in [0.15, 0.2) is 0 Å². The quantitative estimate of drug-likeness (QED) is 0.869. The summed E-state index contributed by atoms with van der Waals surface area (Å²) >= 11 is 1.85. The molecule has 0 spiro atoms. The number of hydrogen-bond acceptors (Lipinski definition) is 2. The molecule has 1 unspecified atom stereocenters. The van der Waals surface area contributed by atoms with Gasteiger partial charge in [-0.1, -0.05) is 50.6 Å². The van der Waals surface area contributed by atoms with Crippen molar-refractivity contribution in [3.63, 3.8) is 0 Å². The first-order valence-electron chi connectivity index (χ1n) is 6.77. The molecule has 1 heterocycles. The second kappa shape index (κ2) is 5.48. The zero-order valence-corrected chi connectivity index (χ0v) is 13.1. The van der Waals surface area contributed by atoms with Crippen molar-refractivity contribution in [1.82, 2.24) is 0 Å². The van der Waals surface area contributed by atoms with E-state index in [2.05, 4.69) is 64.1 Å². The summed E-state index contributed by atoms with van der Waals surface area (Å²) in [7, 11) is 0. The lowest BCUT2D eigenvalue weighted by Gasteiger charge is -2.16. The van der Waals surface area contributed by atoms with Crippen LogP contribution in [0.15, 0.2) is 36.4 Å². The lowest BCUT2D eigenvalue weighted by molar-refractivity contribution is 0.604. The molecule has 1 atom stereocenters. The highest BCUT2D eigenvalue weighted by atomic mass is 32.1. The first kappa shape index (κ1) is 14.3. The number of thiophene rings is 1. The normalized spacial score (nSPS) is 13.5. The molecule has 1 aromatic heterocycles. The van der Waals surface area contributed by atoms with Crippen molar-refractivity contribution in [1.29, 1.82) is 0 Å². The number of nitrogens with two attached hydrogens (primary N) is 1. The summed E-state index contributed by atoms with van der Waals surface area (Å²) in [6, 6.07) is 13.1. The van der Waals surface area contributed by atoms with E-state index in [0.29, 0.717) is 0 Å². The van der Waals surface area contributed by atoms with Crippen LogP contribution in [-0.2, 0) is 11.8 Å². The second-order valence-electron chi connectivity index (χ2n) is 6.25. The van der Waals surface area contributed by atoms with Crippen molar-refractivity contribution in [2.45, 2.75) is 45.6 Å². The molecule has 0 aliphatic heterocycles. The predicted octanol–water partition coefficient (Wildman–Crippen LogP) is 4.60. The van der Waals surface area contributed by atoms with Gasteiger partial charge in [-0.3, -0.25) is 0 Å². The van der Waals surface area contributed by atoms with E-state index < -0.39 is 0 Å². The predicted molar refractivity (Wildman–Crippen MR) is 84.8 cm³/mol. The Hall–Kier alpha value is -1.12. The maximum Gasteiger partial charge on any atom is 0.0430 e. The summed E-state index contributed by atoms with van der Waals surface area (Å²) in [4.78, 5) is 2.69. The molecule has 0 amide bonds. The first-order chi connectivity index (χ1) is 8.86. The van der Waals surface area contributed by atoms with E-state index >= 15 is 0 Å². The van der Waals surface area contributed by atoms with Crippen molar-refractivity contribution < 1.29 is 0 Å². The molecule has 19 heavy (non-hydrogen) atoms. The summed E-state index contributed by atoms with van der Waals surface area (Å²) in [6.07, 6.45) is 0.909. The van der Waals surface area contributed by atoms with Crippen molar-refractivity contribution in [3.05, 3.63) is 57.3 Å². The molecule has 0 fully saturated rings. The van der Waals surface area contributed by atoms with E-state index in [4.69, 9.17) is 5.73 Å². The third-order valence-electron chi connectivity index (χ3n) is 3.27. The third kappa shape index (κ3) is 3.68. The molecule has 0 saturated heterocycles. The van der Waals surface area contributed by atoms with Crippen LogP contribution in [0.3, 0.4) is 0 Å². The highest BCUT2D eigenvalue weighted by molar-refractivity contribution is 7.12. The molecule has 2 aromatic rings. The minimum absolute atomic E-state index is 0.0999. The Labute approximate surface area is 120 Å². The average molecular weight is 273 g/mol. The maximum atomic E-state index is 6.34. The number of hydrogen-bond donors (Lipinski definition) is 1. The van der Waals surface area contributed by atoms with Crippen LogP contribution in [-0.4, -0.2) is 0 Å². The molecule has 2 N–H and O–H groups in total. The number of benzene rings is 1. The molecular formula is C17H23NS. The van der Waals surface area contributed by atoms with Crippen LogP contribution in [0, 0.1) is 6.92 Å². The summed E-state index contributed by atoms with van der Waals surface area (Å²) in [5.74, 6) is 0. The second-order valence-corrected chi connectivity index (χ2v) is 7.37. The van der Waals surface area contributed by atoms with Crippen LogP contribution in [0.5, 0.6) is 0 Å². The zero-order valence-electron chi connectivity index (χ0n) is 12.2. The topological polar surface area (TPSA) is 26.0 Å². The van der Waals surface area contributed by atoms with E-state index in [-0.39, 0.29) is 11.5 Å². The van der Waals surface area contributed by atoms with E-state index in [0.717, 1.165) is 6.42 Å². The van der Waals surface area contributed by atoms with Gasteiger partial charge in [0.25, 0.3) is 0 Å². The molecule has 1 nitrogen and oxygen atoms in total. The van der Waals surface area contributed by atoms with Crippen LogP contribution in [0.4, 0.5) is 0 Å². The fraction of sp³-hybridized carbons (Fsp3) is 0.412. The van der Waals surface area contributed by atoms with Gasteiger partial charge in [0.05, 0.1) is 0 Å². The lowest BCUT2D eigenvalue weighted by Crippen LogP contribution is -2.12. The van der Waals surface area contributed by atoms with E-state index in [9.17, 15) is 0 Å². The molecular weight excluding hydrogens is 250 g/mol. The summed E-state index contributed by atoms with van der Waals surface area (Å²) in [6.45, 7) is 8.86. The number of rotatable bonds is 3. The van der Waals surface area contributed by atoms with E-state index in [1.54, 1.807) is 0 Å². The largest absolute Gasteiger partial charge is 0.323 e. The summed E-state index contributed by atoms with van der Waals surface area (Å²) in [5.41, 5.74) is 9.17. The maximum absolute atomic E-state index is 6.34. The Morgan fingerprint density at radius 3 is 2.47 bits per heavy atom. The van der Waals surface area contributed by atoms with Crippen LogP contribution in [0.1, 0.15) is 47.7 Å². The van der Waals surface area contributed by atoms with Gasteiger partial charge in [0.1, 0.15) is 0 Å². The highest BCUT2D eigenvalue weighted by Crippen LogP contribution is 2.32. The Balaban J connectivity index is 2.12. The van der Waals surface area contributed by atoms with Crippen LogP contribution < -0.4 is 5.73 Å². The molecule has 0 aliphatic rings. The summed E-state index contributed by atoms with van der Waals surface area (Å²) < 4.78 is 0. The lowest BCUT2D eigenvalue weighted by atomic mass is 9.95. The molecule has 1 aromatic carbocycles. The molecule has 0 saturated carbocycles. The Bertz CT molecular complexity index is 548. The van der Waals surface area contributed by atoms with Gasteiger partial charge in [-0.2, -0.15) is 0 Å². The minimum atomic E-state index is 0.0999. The van der Waals surface area contributed by atoms with Gasteiger partial charge in [-0.25, -0.2) is 0 Å². The molecule has 0 aliphatic carbocycles. The van der Waals surface area contributed by atoms with Crippen LogP contribution >= 0.6 is 11.3 Å². The van der Waals surface area contributed by atoms with E-state index in [1.807, 2.05) is 11.3 Å². The Kier molecular flexibility index (Phi) is 4.12. The molecule has 2 heteroatoms. The standard InChI is InChI=1S/C17H23NS/c1-12-6-5-7-13(10-12)11-14(18)15-8-9-16(19-15)17(2,3)4/h5-10,14H,11,18H2,1-4H3. The van der Waals surface area contributed by atoms with Crippen LogP contribution in [0.25, 0.3) is 0 Å². The minimum Gasteiger partial charge on any atom is -0.323 e. The first-order valence-corrected chi connectivity index (χ1v) is 7.59. The van der Waals surface area contributed by atoms with Gasteiger partial charge in [-0.05, 0) is 36.5 Å². The SMILES string of the molecule is Cc1cccc(CC(N)c2ccc(C(C)(C)C)s2)c1. The van der Waals surface area contributed by atoms with Crippen molar-refractivity contribution in [3.8, 4) is 0 Å². The van der Waals surface area contributed by atoms with Gasteiger partial charge in [0, 0.05) is 15.8 Å². The van der Waals surface area contributed by atoms with Gasteiger partial charge >= 0.3 is 0 Å². The van der Waals surface area contributed by atoms with Crippen molar-refractivity contribution >= 4 is 11.3 Å². The third-order valence-corrected chi connectivity index (χ3v) is 4.91. The Morgan fingerprint density at radius 1 is 1.16 bits per heavy atom. The monoisotopic (exact) mass is 273 g/mol. The molecule has 102 valence electrons. The van der Waals surface area contributed by atoms with Crippen molar-refractivity contribution in [2.75, 3.05) is 0 Å². The fourth-order valence-electron chi connectivity index (χ4n) is 2.15. The summed E-state index contributed by atoms with van der Waals surface area (Å²) in [5, 5.41) is 0. The van der Waals surface area contributed by atoms with Crippen LogP contribution in [0.2, 0.25) is 0 Å². The average Bonchev–Trinajstić information content (AvgIpc) is 2.77. The van der Waals surface area contributed by atoms with E-state index in [1.165, 1.54) is 20.9 Å². The highest BCUT2D eigenvalue weighted by Gasteiger charge is 2.18.